The summed E-state index contributed by atoms with van der Waals surface area (Å²) in [5.41, 5.74) is 0.784. The molecule has 1 aromatic heterocycles. The number of aromatic nitrogens is 1. The van der Waals surface area contributed by atoms with E-state index >= 15 is 0 Å². The molecule has 16 heavy (non-hydrogen) atoms. The van der Waals surface area contributed by atoms with Crippen LogP contribution in [0.3, 0.4) is 0 Å². The molecule has 0 aliphatic carbocycles. The zero-order valence-corrected chi connectivity index (χ0v) is 10.8. The number of rotatable bonds is 4. The molecule has 0 aliphatic rings. The van der Waals surface area contributed by atoms with E-state index in [2.05, 4.69) is 10.3 Å². The number of carbonyl (C=O) groups is 1. The third kappa shape index (κ3) is 3.35. The lowest BCUT2D eigenvalue weighted by Crippen LogP contribution is -2.49. The molecule has 1 amide bonds. The lowest BCUT2D eigenvalue weighted by atomic mass is 10.1. The number of nitrogens with zero attached hydrogens (tertiary/aromatic N) is 1. The molecule has 0 unspecified atom stereocenters. The van der Waals surface area contributed by atoms with Crippen LogP contribution in [0.5, 0.6) is 0 Å². The second-order valence-electron chi connectivity index (χ2n) is 3.97. The van der Waals surface area contributed by atoms with Crippen LogP contribution in [0.1, 0.15) is 23.0 Å². The van der Waals surface area contributed by atoms with Crippen molar-refractivity contribution in [2.75, 3.05) is 11.8 Å². The number of halogens is 2. The van der Waals surface area contributed by atoms with Gasteiger partial charge in [-0.3, -0.25) is 9.78 Å². The maximum atomic E-state index is 11.8. The minimum atomic E-state index is -0.592. The summed E-state index contributed by atoms with van der Waals surface area (Å²) in [5, 5.41) is 2.79. The number of aryl methyl sites for hydroxylation is 1. The second kappa shape index (κ2) is 5.51. The average molecular weight is 261 g/mol. The van der Waals surface area contributed by atoms with Crippen molar-refractivity contribution in [1.82, 2.24) is 10.3 Å². The topological polar surface area (TPSA) is 42.0 Å². The molecule has 3 nitrogen and oxygen atoms in total. The predicted octanol–water partition coefficient (Wildman–Crippen LogP) is 2.36. The number of alkyl halides is 2. The fraction of sp³-hybridized carbons (Fsp3) is 0.455. The smallest absolute Gasteiger partial charge is 0.253 e. The van der Waals surface area contributed by atoms with Gasteiger partial charge in [0.15, 0.2) is 0 Å². The van der Waals surface area contributed by atoms with E-state index in [9.17, 15) is 4.79 Å². The summed E-state index contributed by atoms with van der Waals surface area (Å²) >= 11 is 11.5. The van der Waals surface area contributed by atoms with E-state index in [1.165, 1.54) is 6.20 Å². The number of amides is 1. The first kappa shape index (κ1) is 13.3. The van der Waals surface area contributed by atoms with E-state index in [0.29, 0.717) is 5.56 Å². The van der Waals surface area contributed by atoms with E-state index in [4.69, 9.17) is 23.2 Å². The standard InChI is InChI=1S/C11H14Cl2N2O/c1-8-3-4-9(5-14-8)10(16)15-11(2,6-12)7-13/h3-5H,6-7H2,1-2H3,(H,15,16). The van der Waals surface area contributed by atoms with Gasteiger partial charge in [-0.05, 0) is 26.0 Å². The average Bonchev–Trinajstić information content (AvgIpc) is 2.29. The summed E-state index contributed by atoms with van der Waals surface area (Å²) in [6.45, 7) is 3.66. The molecule has 1 N–H and O–H groups in total. The van der Waals surface area contributed by atoms with Crippen molar-refractivity contribution in [2.45, 2.75) is 19.4 Å². The van der Waals surface area contributed by atoms with E-state index < -0.39 is 5.54 Å². The molecule has 1 rings (SSSR count). The predicted molar refractivity (Wildman–Crippen MR) is 66.3 cm³/mol. The van der Waals surface area contributed by atoms with Crippen molar-refractivity contribution in [3.05, 3.63) is 29.6 Å². The van der Waals surface area contributed by atoms with E-state index in [1.807, 2.05) is 6.92 Å². The van der Waals surface area contributed by atoms with Gasteiger partial charge in [-0.1, -0.05) is 0 Å². The highest BCUT2D eigenvalue weighted by Crippen LogP contribution is 2.10. The third-order valence-corrected chi connectivity index (χ3v) is 3.36. The van der Waals surface area contributed by atoms with E-state index in [0.717, 1.165) is 5.69 Å². The number of carbonyl (C=O) groups excluding carboxylic acids is 1. The molecule has 1 aromatic rings. The monoisotopic (exact) mass is 260 g/mol. The Labute approximate surface area is 105 Å². The Morgan fingerprint density at radius 1 is 1.44 bits per heavy atom. The zero-order valence-electron chi connectivity index (χ0n) is 9.26. The fourth-order valence-electron chi connectivity index (χ4n) is 1.05. The molecular formula is C11H14Cl2N2O. The Bertz CT molecular complexity index is 361. The highest BCUT2D eigenvalue weighted by Gasteiger charge is 2.24. The van der Waals surface area contributed by atoms with Gasteiger partial charge in [0.25, 0.3) is 5.91 Å². The Balaban J connectivity index is 2.76. The van der Waals surface area contributed by atoms with Crippen LogP contribution in [-0.2, 0) is 0 Å². The summed E-state index contributed by atoms with van der Waals surface area (Å²) in [6, 6.07) is 3.51. The lowest BCUT2D eigenvalue weighted by molar-refractivity contribution is 0.0921. The first-order valence-electron chi connectivity index (χ1n) is 4.88. The van der Waals surface area contributed by atoms with E-state index in [-0.39, 0.29) is 17.7 Å². The van der Waals surface area contributed by atoms with Gasteiger partial charge in [0, 0.05) is 23.7 Å². The highest BCUT2D eigenvalue weighted by molar-refractivity contribution is 6.22. The van der Waals surface area contributed by atoms with Crippen LogP contribution in [0, 0.1) is 6.92 Å². The molecule has 0 aromatic carbocycles. The van der Waals surface area contributed by atoms with Crippen molar-refractivity contribution in [3.63, 3.8) is 0 Å². The van der Waals surface area contributed by atoms with Gasteiger partial charge in [0.1, 0.15) is 0 Å². The number of nitrogens with one attached hydrogen (secondary N) is 1. The zero-order chi connectivity index (χ0) is 12.2. The third-order valence-electron chi connectivity index (χ3n) is 2.18. The molecule has 0 bridgehead atoms. The largest absolute Gasteiger partial charge is 0.344 e. The number of hydrogen-bond acceptors (Lipinski definition) is 2. The highest BCUT2D eigenvalue weighted by atomic mass is 35.5. The molecule has 0 aliphatic heterocycles. The minimum absolute atomic E-state index is 0.212. The van der Waals surface area contributed by atoms with Gasteiger partial charge in [0.05, 0.1) is 11.1 Å². The molecule has 0 spiro atoms. The Kier molecular flexibility index (Phi) is 4.56. The van der Waals surface area contributed by atoms with Crippen LogP contribution >= 0.6 is 23.2 Å². The SMILES string of the molecule is Cc1ccc(C(=O)NC(C)(CCl)CCl)cn1. The van der Waals surface area contributed by atoms with E-state index in [1.54, 1.807) is 19.1 Å². The van der Waals surface area contributed by atoms with Gasteiger partial charge >= 0.3 is 0 Å². The van der Waals surface area contributed by atoms with Gasteiger partial charge < -0.3 is 5.32 Å². The molecule has 1 heterocycles. The van der Waals surface area contributed by atoms with Crippen LogP contribution in [0.25, 0.3) is 0 Å². The molecule has 0 saturated carbocycles. The molecular weight excluding hydrogens is 247 g/mol. The van der Waals surface area contributed by atoms with Crippen molar-refractivity contribution >= 4 is 29.1 Å². The van der Waals surface area contributed by atoms with Crippen molar-refractivity contribution in [1.29, 1.82) is 0 Å². The minimum Gasteiger partial charge on any atom is -0.344 e. The summed E-state index contributed by atoms with van der Waals surface area (Å²) in [7, 11) is 0. The second-order valence-corrected chi connectivity index (χ2v) is 4.50. The van der Waals surface area contributed by atoms with Crippen LogP contribution < -0.4 is 5.32 Å². The van der Waals surface area contributed by atoms with Gasteiger partial charge in [-0.15, -0.1) is 23.2 Å². The van der Waals surface area contributed by atoms with Gasteiger partial charge in [0.2, 0.25) is 0 Å². The lowest BCUT2D eigenvalue weighted by Gasteiger charge is -2.25. The molecule has 0 saturated heterocycles. The molecule has 0 atom stereocenters. The molecule has 5 heteroatoms. The molecule has 0 fully saturated rings. The number of pyridine rings is 1. The van der Waals surface area contributed by atoms with Crippen molar-refractivity contribution in [2.24, 2.45) is 0 Å². The first-order valence-corrected chi connectivity index (χ1v) is 5.95. The molecule has 88 valence electrons. The summed E-state index contributed by atoms with van der Waals surface area (Å²) < 4.78 is 0. The van der Waals surface area contributed by atoms with Crippen LogP contribution in [0.15, 0.2) is 18.3 Å². The molecule has 0 radical (unpaired) electrons. The summed E-state index contributed by atoms with van der Waals surface area (Å²) in [6.07, 6.45) is 1.54. The Morgan fingerprint density at radius 2 is 2.06 bits per heavy atom. The van der Waals surface area contributed by atoms with Crippen molar-refractivity contribution < 1.29 is 4.79 Å². The summed E-state index contributed by atoms with van der Waals surface area (Å²) in [4.78, 5) is 15.9. The Hall–Kier alpha value is -0.800. The van der Waals surface area contributed by atoms with Crippen LogP contribution in [0.4, 0.5) is 0 Å². The van der Waals surface area contributed by atoms with Gasteiger partial charge in [-0.2, -0.15) is 0 Å². The van der Waals surface area contributed by atoms with Crippen LogP contribution in [-0.4, -0.2) is 28.2 Å². The quantitative estimate of drug-likeness (QED) is 0.845. The normalized spacial score (nSPS) is 11.2. The van der Waals surface area contributed by atoms with Gasteiger partial charge in [-0.25, -0.2) is 0 Å². The summed E-state index contributed by atoms with van der Waals surface area (Å²) in [5.74, 6) is 0.319. The maximum absolute atomic E-state index is 11.8. The fourth-order valence-corrected chi connectivity index (χ4v) is 1.47. The van der Waals surface area contributed by atoms with Crippen LogP contribution in [0.2, 0.25) is 0 Å². The van der Waals surface area contributed by atoms with Crippen molar-refractivity contribution in [3.8, 4) is 0 Å². The number of hydrogen-bond donors (Lipinski definition) is 1. The first-order chi connectivity index (χ1) is 7.50. The maximum Gasteiger partial charge on any atom is 0.253 e. The Morgan fingerprint density at radius 3 is 2.50 bits per heavy atom.